The summed E-state index contributed by atoms with van der Waals surface area (Å²) in [5.74, 6) is 2.65. The number of para-hydroxylation sites is 1. The van der Waals surface area contributed by atoms with Crippen molar-refractivity contribution in [3.63, 3.8) is 0 Å². The Morgan fingerprint density at radius 1 is 0.951 bits per heavy atom. The summed E-state index contributed by atoms with van der Waals surface area (Å²) < 4.78 is 15.2. The topological polar surface area (TPSA) is 73.6 Å². The number of urea groups is 1. The molecule has 1 N–H and O–H groups in total. The SMILES string of the molecule is Cc1nn(-c2ccccc2)c2c1CN(C(=O)Nc1ccc3c(c1)OCO3)[C@@H](c1ccc(C(C)C)cc1)c1cccn1-2. The molecule has 8 nitrogen and oxygen atoms in total. The van der Waals surface area contributed by atoms with Gasteiger partial charge in [-0.25, -0.2) is 9.48 Å². The molecule has 3 aromatic carbocycles. The maximum atomic E-state index is 14.2. The third-order valence-corrected chi connectivity index (χ3v) is 7.89. The van der Waals surface area contributed by atoms with Gasteiger partial charge in [-0.05, 0) is 60.4 Å². The Morgan fingerprint density at radius 3 is 2.51 bits per heavy atom. The van der Waals surface area contributed by atoms with Crippen molar-refractivity contribution >= 4 is 11.7 Å². The number of hydrogen-bond acceptors (Lipinski definition) is 4. The second-order valence-corrected chi connectivity index (χ2v) is 10.8. The van der Waals surface area contributed by atoms with E-state index in [2.05, 4.69) is 60.3 Å². The van der Waals surface area contributed by atoms with Gasteiger partial charge in [0.1, 0.15) is 5.82 Å². The van der Waals surface area contributed by atoms with Crippen molar-refractivity contribution in [1.29, 1.82) is 0 Å². The number of carbonyl (C=O) groups is 1. The largest absolute Gasteiger partial charge is 0.454 e. The quantitative estimate of drug-likeness (QED) is 0.265. The van der Waals surface area contributed by atoms with Crippen LogP contribution in [0.4, 0.5) is 10.5 Å². The standard InChI is InChI=1S/C33H31N5O3/c1-21(2)23-11-13-24(14-12-23)31-28-10-7-17-36(28)32-27(22(3)35-38(32)26-8-5-4-6-9-26)19-37(31)33(39)34-25-15-16-29-30(18-25)41-20-40-29/h4-18,21,31H,19-20H2,1-3H3,(H,34,39)/t31-/m0/s1. The summed E-state index contributed by atoms with van der Waals surface area (Å²) >= 11 is 0. The van der Waals surface area contributed by atoms with Crippen molar-refractivity contribution < 1.29 is 14.3 Å². The fraction of sp³-hybridized carbons (Fsp3) is 0.212. The first-order valence-corrected chi connectivity index (χ1v) is 13.9. The Balaban J connectivity index is 1.37. The smallest absolute Gasteiger partial charge is 0.322 e. The van der Waals surface area contributed by atoms with Crippen LogP contribution in [0.25, 0.3) is 11.5 Å². The highest BCUT2D eigenvalue weighted by atomic mass is 16.7. The second-order valence-electron chi connectivity index (χ2n) is 10.8. The summed E-state index contributed by atoms with van der Waals surface area (Å²) in [5.41, 5.74) is 6.76. The van der Waals surface area contributed by atoms with Crippen LogP contribution in [-0.4, -0.2) is 32.1 Å². The van der Waals surface area contributed by atoms with Crippen LogP contribution in [0.1, 0.15) is 53.9 Å². The van der Waals surface area contributed by atoms with E-state index in [4.69, 9.17) is 14.6 Å². The predicted molar refractivity (Wildman–Crippen MR) is 157 cm³/mol. The van der Waals surface area contributed by atoms with Crippen molar-refractivity contribution in [3.05, 3.63) is 119 Å². The molecule has 2 aromatic heterocycles. The van der Waals surface area contributed by atoms with E-state index in [-0.39, 0.29) is 18.9 Å². The highest BCUT2D eigenvalue weighted by molar-refractivity contribution is 5.90. The summed E-state index contributed by atoms with van der Waals surface area (Å²) in [6, 6.07) is 27.8. The van der Waals surface area contributed by atoms with Gasteiger partial charge < -0.3 is 24.3 Å². The molecule has 8 heteroatoms. The zero-order valence-corrected chi connectivity index (χ0v) is 23.2. The Labute approximate surface area is 238 Å². The monoisotopic (exact) mass is 545 g/mol. The number of rotatable bonds is 4. The molecule has 2 aliphatic heterocycles. The average Bonchev–Trinajstić information content (AvgIpc) is 3.70. The van der Waals surface area contributed by atoms with E-state index in [1.165, 1.54) is 5.56 Å². The van der Waals surface area contributed by atoms with Gasteiger partial charge >= 0.3 is 6.03 Å². The fourth-order valence-electron chi connectivity index (χ4n) is 5.73. The van der Waals surface area contributed by atoms with Crippen LogP contribution in [0.3, 0.4) is 0 Å². The van der Waals surface area contributed by atoms with Gasteiger partial charge in [-0.3, -0.25) is 0 Å². The summed E-state index contributed by atoms with van der Waals surface area (Å²) in [5, 5.41) is 8.06. The van der Waals surface area contributed by atoms with Crippen LogP contribution < -0.4 is 14.8 Å². The summed E-state index contributed by atoms with van der Waals surface area (Å²) in [7, 11) is 0. The number of ether oxygens (including phenoxy) is 2. The van der Waals surface area contributed by atoms with Gasteiger partial charge in [-0.1, -0.05) is 56.3 Å². The number of carbonyl (C=O) groups excluding carboxylic acids is 1. The van der Waals surface area contributed by atoms with Gasteiger partial charge in [0.05, 0.1) is 29.7 Å². The zero-order chi connectivity index (χ0) is 28.1. The Hall–Kier alpha value is -4.98. The molecule has 1 atom stereocenters. The van der Waals surface area contributed by atoms with Crippen molar-refractivity contribution in [2.75, 3.05) is 12.1 Å². The van der Waals surface area contributed by atoms with Gasteiger partial charge in [0.25, 0.3) is 0 Å². The Morgan fingerprint density at radius 2 is 1.73 bits per heavy atom. The number of fused-ring (bicyclic) bond motifs is 4. The number of amides is 2. The molecule has 7 rings (SSSR count). The fourth-order valence-corrected chi connectivity index (χ4v) is 5.73. The van der Waals surface area contributed by atoms with Crippen LogP contribution >= 0.6 is 0 Å². The highest BCUT2D eigenvalue weighted by Gasteiger charge is 2.36. The van der Waals surface area contributed by atoms with Gasteiger partial charge in [0, 0.05) is 23.5 Å². The third kappa shape index (κ3) is 4.32. The van der Waals surface area contributed by atoms with Crippen molar-refractivity contribution in [1.82, 2.24) is 19.2 Å². The van der Waals surface area contributed by atoms with Gasteiger partial charge in [0.15, 0.2) is 11.5 Å². The lowest BCUT2D eigenvalue weighted by Gasteiger charge is -2.31. The van der Waals surface area contributed by atoms with Crippen molar-refractivity contribution in [2.24, 2.45) is 0 Å². The molecular weight excluding hydrogens is 514 g/mol. The van der Waals surface area contributed by atoms with Crippen LogP contribution in [0.2, 0.25) is 0 Å². The first-order valence-electron chi connectivity index (χ1n) is 13.9. The lowest BCUT2D eigenvalue weighted by Crippen LogP contribution is -2.38. The van der Waals surface area contributed by atoms with E-state index in [0.717, 1.165) is 34.0 Å². The van der Waals surface area contributed by atoms with Crippen molar-refractivity contribution in [3.8, 4) is 23.0 Å². The number of aromatic nitrogens is 3. The molecule has 0 fully saturated rings. The molecule has 5 aromatic rings. The molecule has 0 radical (unpaired) electrons. The minimum Gasteiger partial charge on any atom is -0.454 e. The Bertz CT molecular complexity index is 1740. The number of benzene rings is 3. The molecule has 0 saturated carbocycles. The van der Waals surface area contributed by atoms with Crippen LogP contribution in [0.15, 0.2) is 91.1 Å². The normalized spacial score (nSPS) is 15.4. The third-order valence-electron chi connectivity index (χ3n) is 7.89. The summed E-state index contributed by atoms with van der Waals surface area (Å²) in [4.78, 5) is 16.1. The van der Waals surface area contributed by atoms with Crippen LogP contribution in [-0.2, 0) is 6.54 Å². The van der Waals surface area contributed by atoms with Crippen LogP contribution in [0, 0.1) is 6.92 Å². The molecule has 206 valence electrons. The summed E-state index contributed by atoms with van der Waals surface area (Å²) in [6.45, 7) is 6.94. The van der Waals surface area contributed by atoms with Crippen LogP contribution in [0.5, 0.6) is 11.5 Å². The van der Waals surface area contributed by atoms with E-state index in [0.29, 0.717) is 29.6 Å². The first kappa shape index (κ1) is 25.0. The first-order chi connectivity index (χ1) is 20.0. The molecule has 4 heterocycles. The molecule has 0 unspecified atom stereocenters. The van der Waals surface area contributed by atoms with Gasteiger partial charge in [0.2, 0.25) is 6.79 Å². The van der Waals surface area contributed by atoms with E-state index >= 15 is 0 Å². The van der Waals surface area contributed by atoms with E-state index in [1.807, 2.05) is 65.0 Å². The molecule has 2 aliphatic rings. The molecule has 41 heavy (non-hydrogen) atoms. The average molecular weight is 546 g/mol. The maximum Gasteiger partial charge on any atom is 0.322 e. The predicted octanol–water partition coefficient (Wildman–Crippen LogP) is 6.96. The number of anilines is 1. The molecule has 0 bridgehead atoms. The van der Waals surface area contributed by atoms with E-state index in [1.54, 1.807) is 6.07 Å². The van der Waals surface area contributed by atoms with E-state index in [9.17, 15) is 4.79 Å². The lowest BCUT2D eigenvalue weighted by atomic mass is 9.97. The van der Waals surface area contributed by atoms with Gasteiger partial charge in [-0.2, -0.15) is 5.10 Å². The number of nitrogens with zero attached hydrogens (tertiary/aromatic N) is 4. The number of aryl methyl sites for hydroxylation is 1. The minimum atomic E-state index is -0.337. The highest BCUT2D eigenvalue weighted by Crippen LogP contribution is 2.40. The Kier molecular flexibility index (Phi) is 6.03. The zero-order valence-electron chi connectivity index (χ0n) is 23.2. The molecule has 0 aliphatic carbocycles. The maximum absolute atomic E-state index is 14.2. The van der Waals surface area contributed by atoms with Crippen molar-refractivity contribution in [2.45, 2.75) is 39.3 Å². The molecule has 0 saturated heterocycles. The molecule has 0 spiro atoms. The lowest BCUT2D eigenvalue weighted by molar-refractivity contribution is 0.174. The second kappa shape index (κ2) is 9.89. The van der Waals surface area contributed by atoms with E-state index < -0.39 is 0 Å². The number of hydrogen-bond donors (Lipinski definition) is 1. The van der Waals surface area contributed by atoms with Gasteiger partial charge in [-0.15, -0.1) is 0 Å². The molecular formula is C33H31N5O3. The minimum absolute atomic E-state index is 0.178. The molecule has 2 amide bonds. The number of nitrogens with one attached hydrogen (secondary N) is 1. The summed E-state index contributed by atoms with van der Waals surface area (Å²) in [6.07, 6.45) is 2.06.